The fourth-order valence-electron chi connectivity index (χ4n) is 3.21. The molecule has 0 aliphatic heterocycles. The third kappa shape index (κ3) is 4.41. The molecule has 158 valence electrons. The van der Waals surface area contributed by atoms with E-state index < -0.39 is 0 Å². The van der Waals surface area contributed by atoms with Crippen molar-refractivity contribution in [1.82, 2.24) is 24.5 Å². The maximum atomic E-state index is 9.10. The smallest absolute Gasteiger partial charge is 0.156 e. The molecule has 5 N–H and O–H groups in total. The molecule has 4 aromatic heterocycles. The number of aliphatic hydroxyl groups is 1. The number of pyridine rings is 2. The highest BCUT2D eigenvalue weighted by Crippen LogP contribution is 2.31. The lowest BCUT2D eigenvalue weighted by Gasteiger charge is -2.10. The van der Waals surface area contributed by atoms with Crippen LogP contribution >= 0.6 is 37.2 Å². The van der Waals surface area contributed by atoms with Gasteiger partial charge in [-0.25, -0.2) is 15.0 Å². The molecule has 0 aliphatic rings. The minimum Gasteiger partial charge on any atom is -0.396 e. The van der Waals surface area contributed by atoms with Crippen molar-refractivity contribution in [3.8, 4) is 11.4 Å². The number of aryl methyl sites for hydroxylation is 1. The average molecular weight is 461 g/mol. The number of aliphatic hydroxyl groups excluding tert-OH is 1. The van der Waals surface area contributed by atoms with Gasteiger partial charge >= 0.3 is 0 Å². The number of aromatic amines is 1. The second-order valence-electron chi connectivity index (χ2n) is 6.27. The number of H-pyrrole nitrogens is 1. The number of nitrogens with zero attached hydrogens (tertiary/aromatic N) is 4. The Morgan fingerprint density at radius 1 is 1.24 bits per heavy atom. The second kappa shape index (κ2) is 10.1. The highest BCUT2D eigenvalue weighted by molar-refractivity contribution is 6.07. The van der Waals surface area contributed by atoms with E-state index in [2.05, 4.69) is 25.3 Å². The molecule has 29 heavy (non-hydrogen) atoms. The van der Waals surface area contributed by atoms with Crippen LogP contribution in [-0.2, 0) is 7.05 Å². The molecular weight excluding hydrogens is 437 g/mol. The Bertz CT molecular complexity index is 1100. The molecule has 8 nitrogen and oxygen atoms in total. The van der Waals surface area contributed by atoms with E-state index in [1.54, 1.807) is 6.33 Å². The van der Waals surface area contributed by atoms with E-state index in [1.165, 1.54) is 0 Å². The molecule has 0 aliphatic carbocycles. The summed E-state index contributed by atoms with van der Waals surface area (Å²) >= 11 is 0. The number of hydrogen-bond acceptors (Lipinski definition) is 6. The summed E-state index contributed by atoms with van der Waals surface area (Å²) in [7, 11) is 3.80. The molecule has 0 spiro atoms. The van der Waals surface area contributed by atoms with Crippen molar-refractivity contribution < 1.29 is 5.11 Å². The molecule has 4 heterocycles. The Labute approximate surface area is 186 Å². The van der Waals surface area contributed by atoms with Crippen LogP contribution in [0.3, 0.4) is 0 Å². The number of anilines is 1. The fraction of sp³-hybridized carbons (Fsp3) is 0.278. The monoisotopic (exact) mass is 459 g/mol. The third-order valence-corrected chi connectivity index (χ3v) is 4.54. The predicted octanol–water partition coefficient (Wildman–Crippen LogP) is 3.20. The first-order chi connectivity index (χ1) is 12.6. The molecule has 0 fully saturated rings. The van der Waals surface area contributed by atoms with E-state index in [1.807, 2.05) is 42.9 Å². The lowest BCUT2D eigenvalue weighted by atomic mass is 10.1. The summed E-state index contributed by atoms with van der Waals surface area (Å²) in [4.78, 5) is 17.1. The van der Waals surface area contributed by atoms with Crippen LogP contribution in [0.4, 0.5) is 5.82 Å². The minimum atomic E-state index is -0.290. The van der Waals surface area contributed by atoms with Gasteiger partial charge in [0.25, 0.3) is 0 Å². The standard InChI is InChI=1S/C18H21N7O.3ClH/c1-20-18-15-16(25(2)9-21-15)10-8-14(23-17(10)24-18)13-5-3-4-12(22-13)11(19)6-7-26;;;/h3-5,8-9,11,26H,6-7,19H2,1-2H3,(H2,20,23,24);3*1H/t11-;;;/m0.../s1. The predicted molar refractivity (Wildman–Crippen MR) is 124 cm³/mol. The van der Waals surface area contributed by atoms with E-state index in [0.717, 1.165) is 45.0 Å². The number of hydrogen-bond donors (Lipinski definition) is 4. The van der Waals surface area contributed by atoms with Crippen LogP contribution in [0.25, 0.3) is 33.5 Å². The van der Waals surface area contributed by atoms with Gasteiger partial charge in [0.15, 0.2) is 5.82 Å². The molecule has 11 heteroatoms. The van der Waals surface area contributed by atoms with Crippen molar-refractivity contribution in [2.45, 2.75) is 12.5 Å². The van der Waals surface area contributed by atoms with Crippen LogP contribution in [0.5, 0.6) is 0 Å². The fourth-order valence-corrected chi connectivity index (χ4v) is 3.21. The van der Waals surface area contributed by atoms with Crippen LogP contribution in [0, 0.1) is 0 Å². The Hall–Kier alpha value is -2.10. The molecule has 0 amide bonds. The second-order valence-corrected chi connectivity index (χ2v) is 6.27. The summed E-state index contributed by atoms with van der Waals surface area (Å²) < 4.78 is 1.98. The van der Waals surface area contributed by atoms with E-state index in [0.29, 0.717) is 6.42 Å². The average Bonchev–Trinajstić information content (AvgIpc) is 3.25. The van der Waals surface area contributed by atoms with Gasteiger partial charge in [0.1, 0.15) is 11.2 Å². The summed E-state index contributed by atoms with van der Waals surface area (Å²) in [5.41, 5.74) is 11.1. The van der Waals surface area contributed by atoms with Crippen molar-refractivity contribution in [1.29, 1.82) is 0 Å². The van der Waals surface area contributed by atoms with E-state index >= 15 is 0 Å². The zero-order valence-corrected chi connectivity index (χ0v) is 18.4. The largest absolute Gasteiger partial charge is 0.396 e. The maximum Gasteiger partial charge on any atom is 0.156 e. The topological polar surface area (TPSA) is 118 Å². The third-order valence-electron chi connectivity index (χ3n) is 4.54. The number of nitrogens with one attached hydrogen (secondary N) is 2. The van der Waals surface area contributed by atoms with Gasteiger partial charge in [0, 0.05) is 32.1 Å². The Morgan fingerprint density at radius 3 is 2.69 bits per heavy atom. The molecule has 0 bridgehead atoms. The van der Waals surface area contributed by atoms with Gasteiger partial charge in [-0.2, -0.15) is 0 Å². The Morgan fingerprint density at radius 2 is 2.00 bits per heavy atom. The van der Waals surface area contributed by atoms with Crippen LogP contribution < -0.4 is 11.1 Å². The molecular formula is C18H24Cl3N7O. The maximum absolute atomic E-state index is 9.10. The van der Waals surface area contributed by atoms with Gasteiger partial charge in [0.2, 0.25) is 0 Å². The Balaban J connectivity index is 0.00000140. The lowest BCUT2D eigenvalue weighted by Crippen LogP contribution is -2.13. The zero-order valence-electron chi connectivity index (χ0n) is 15.9. The summed E-state index contributed by atoms with van der Waals surface area (Å²) in [6, 6.07) is 7.48. The van der Waals surface area contributed by atoms with Gasteiger partial charge in [-0.1, -0.05) is 6.07 Å². The van der Waals surface area contributed by atoms with Crippen LogP contribution in [0.15, 0.2) is 30.6 Å². The number of fused-ring (bicyclic) bond motifs is 3. The van der Waals surface area contributed by atoms with Crippen molar-refractivity contribution >= 4 is 65.1 Å². The van der Waals surface area contributed by atoms with Gasteiger partial charge in [-0.05, 0) is 24.6 Å². The van der Waals surface area contributed by atoms with Crippen molar-refractivity contribution in [2.24, 2.45) is 12.8 Å². The van der Waals surface area contributed by atoms with Crippen molar-refractivity contribution in [3.05, 3.63) is 36.3 Å². The van der Waals surface area contributed by atoms with E-state index in [4.69, 9.17) is 10.8 Å². The SMILES string of the molecule is CNc1nc2[nH]c(-c3cccc([C@@H](N)CCO)n3)cc2c2c1ncn2C.Cl.Cl.Cl. The van der Waals surface area contributed by atoms with Crippen molar-refractivity contribution in [3.63, 3.8) is 0 Å². The van der Waals surface area contributed by atoms with Crippen LogP contribution in [0.2, 0.25) is 0 Å². The summed E-state index contributed by atoms with van der Waals surface area (Å²) in [6.45, 7) is 0.0364. The van der Waals surface area contributed by atoms with Gasteiger partial charge in [-0.3, -0.25) is 0 Å². The first kappa shape index (κ1) is 24.9. The lowest BCUT2D eigenvalue weighted by molar-refractivity contribution is 0.275. The zero-order chi connectivity index (χ0) is 18.3. The van der Waals surface area contributed by atoms with Crippen molar-refractivity contribution in [2.75, 3.05) is 19.0 Å². The first-order valence-electron chi connectivity index (χ1n) is 8.47. The molecule has 0 unspecified atom stereocenters. The number of nitrogens with two attached hydrogens (primary N) is 1. The van der Waals surface area contributed by atoms with E-state index in [-0.39, 0.29) is 49.9 Å². The number of halogens is 3. The molecule has 1 atom stereocenters. The van der Waals surface area contributed by atoms with Gasteiger partial charge in [0.05, 0.1) is 28.9 Å². The summed E-state index contributed by atoms with van der Waals surface area (Å²) in [6.07, 6.45) is 2.26. The van der Waals surface area contributed by atoms with Crippen LogP contribution in [0.1, 0.15) is 18.2 Å². The Kier molecular flexibility index (Phi) is 8.67. The first-order valence-corrected chi connectivity index (χ1v) is 8.47. The number of imidazole rings is 1. The molecule has 0 saturated heterocycles. The molecule has 0 saturated carbocycles. The van der Waals surface area contributed by atoms with E-state index in [9.17, 15) is 0 Å². The normalized spacial score (nSPS) is 11.4. The molecule has 0 radical (unpaired) electrons. The number of rotatable bonds is 5. The number of aromatic nitrogens is 5. The highest BCUT2D eigenvalue weighted by atomic mass is 35.5. The van der Waals surface area contributed by atoms with Gasteiger partial charge < -0.3 is 25.7 Å². The molecule has 4 aromatic rings. The summed E-state index contributed by atoms with van der Waals surface area (Å²) in [5, 5.41) is 13.2. The minimum absolute atomic E-state index is 0. The molecule has 4 rings (SSSR count). The summed E-state index contributed by atoms with van der Waals surface area (Å²) in [5.74, 6) is 0.730. The quantitative estimate of drug-likeness (QED) is 0.363. The molecule has 0 aromatic carbocycles. The van der Waals surface area contributed by atoms with Crippen LogP contribution in [-0.4, -0.2) is 43.3 Å². The highest BCUT2D eigenvalue weighted by Gasteiger charge is 2.16. The van der Waals surface area contributed by atoms with Gasteiger partial charge in [-0.15, -0.1) is 37.2 Å².